The summed E-state index contributed by atoms with van der Waals surface area (Å²) in [5.41, 5.74) is 0. The molecule has 0 bridgehead atoms. The van der Waals surface area contributed by atoms with E-state index in [1.807, 2.05) is 0 Å². The number of hydrogen-bond donors (Lipinski definition) is 11. The van der Waals surface area contributed by atoms with E-state index in [1.165, 1.54) is 0 Å². The maximum absolute atomic E-state index is 11.4. The molecule has 7 unspecified atom stereocenters. The summed E-state index contributed by atoms with van der Waals surface area (Å²) in [6.07, 6.45) is -15.0. The van der Waals surface area contributed by atoms with E-state index >= 15 is 0 Å². The van der Waals surface area contributed by atoms with Crippen LogP contribution in [0, 0.1) is 9.93 Å². The fourth-order valence-electron chi connectivity index (χ4n) is 2.60. The molecular formula is C6H18O24P6. The highest BCUT2D eigenvalue weighted by molar-refractivity contribution is 7.47. The molecule has 1 aliphatic carbocycles. The number of phosphoric ester groups is 4. The third-order valence-electron chi connectivity index (χ3n) is 3.33. The molecule has 11 N–H and O–H groups in total. The van der Waals surface area contributed by atoms with Gasteiger partial charge in [0.05, 0.1) is 0 Å². The molecule has 0 heterocycles. The van der Waals surface area contributed by atoms with Crippen molar-refractivity contribution in [3.63, 3.8) is 0 Å². The van der Waals surface area contributed by atoms with Gasteiger partial charge in [-0.05, 0) is 0 Å². The summed E-state index contributed by atoms with van der Waals surface area (Å²) in [4.78, 5) is 96.1. The molecule has 7 atom stereocenters. The summed E-state index contributed by atoms with van der Waals surface area (Å²) in [7, 11) is -25.7. The molecule has 0 aromatic rings. The van der Waals surface area contributed by atoms with Crippen molar-refractivity contribution in [2.75, 3.05) is 0 Å². The van der Waals surface area contributed by atoms with Crippen LogP contribution in [0.5, 0.6) is 0 Å². The van der Waals surface area contributed by atoms with Crippen molar-refractivity contribution >= 4 is 49.0 Å². The fraction of sp³-hybridized carbons (Fsp3) is 1.00. The molecule has 216 valence electrons. The highest BCUT2D eigenvalue weighted by Crippen LogP contribution is 2.54. The molecule has 24 nitrogen and oxygen atoms in total. The zero-order valence-electron chi connectivity index (χ0n) is 16.4. The molecule has 1 rings (SSSR count). The van der Waals surface area contributed by atoms with E-state index < -0.39 is 85.6 Å². The highest BCUT2D eigenvalue weighted by Gasteiger charge is 2.60. The van der Waals surface area contributed by atoms with Gasteiger partial charge < -0.3 is 48.6 Å². The molecular weight excluding hydrogens is 642 g/mol. The first-order valence-electron chi connectivity index (χ1n) is 7.63. The lowest BCUT2D eigenvalue weighted by molar-refractivity contribution is -0.193. The van der Waals surface area contributed by atoms with Crippen molar-refractivity contribution < 1.29 is 105 Å². The third kappa shape index (κ3) is 15.1. The Hall–Kier alpha value is 0.370. The van der Waals surface area contributed by atoms with Crippen LogP contribution >= 0.6 is 49.0 Å². The first-order chi connectivity index (χ1) is 16.3. The van der Waals surface area contributed by atoms with E-state index in [-0.39, 0.29) is 0 Å². The van der Waals surface area contributed by atoms with Gasteiger partial charge in [0.15, 0.2) is 9.03 Å². The molecule has 0 radical (unpaired) electrons. The van der Waals surface area contributed by atoms with Crippen LogP contribution in [-0.2, 0) is 50.0 Å². The van der Waals surface area contributed by atoms with Crippen molar-refractivity contribution in [2.24, 2.45) is 0 Å². The number of phosphoric acid groups is 4. The van der Waals surface area contributed by atoms with Crippen LogP contribution in [0.15, 0.2) is 0 Å². The number of rotatable bonds is 12. The summed E-state index contributed by atoms with van der Waals surface area (Å²) in [5, 5.41) is 12.0. The minimum Gasteiger partial charge on any atom is -0.352 e. The zero-order valence-corrected chi connectivity index (χ0v) is 21.9. The van der Waals surface area contributed by atoms with Gasteiger partial charge in [0.25, 0.3) is 0 Å². The second kappa shape index (κ2) is 16.5. The predicted octanol–water partition coefficient (Wildman–Crippen LogP) is -1.53. The van der Waals surface area contributed by atoms with Gasteiger partial charge in [-0.25, -0.2) is 22.8 Å². The first-order valence-corrected chi connectivity index (χ1v) is 15.3. The third-order valence-corrected chi connectivity index (χ3v) is 6.11. The van der Waals surface area contributed by atoms with Crippen LogP contribution in [0.1, 0.15) is 0 Å². The Morgan fingerprint density at radius 2 is 0.806 bits per heavy atom. The van der Waals surface area contributed by atoms with Gasteiger partial charge in [0, 0.05) is 9.93 Å². The first kappa shape index (κ1) is 38.5. The monoisotopic (exact) mass is 660 g/mol. The number of hydrogen-bond acceptors (Lipinski definition) is 16. The van der Waals surface area contributed by atoms with Crippen LogP contribution < -0.4 is 0 Å². The van der Waals surface area contributed by atoms with Crippen molar-refractivity contribution in [3.8, 4) is 0 Å². The van der Waals surface area contributed by atoms with E-state index in [0.29, 0.717) is 0 Å². The Bertz CT molecular complexity index is 838. The molecule has 36 heavy (non-hydrogen) atoms. The minimum absolute atomic E-state index is 1.33. The lowest BCUT2D eigenvalue weighted by Crippen LogP contribution is -2.66. The molecule has 0 aromatic carbocycles. The lowest BCUT2D eigenvalue weighted by Gasteiger charge is -2.47. The minimum atomic E-state index is -5.74. The second-order valence-electron chi connectivity index (χ2n) is 5.56. The Morgan fingerprint density at radius 3 is 1.03 bits per heavy atom. The van der Waals surface area contributed by atoms with Crippen LogP contribution in [0.4, 0.5) is 0 Å². The normalized spacial score (nSPS) is 27.8. The fourth-order valence-corrected chi connectivity index (χ4v) is 5.56. The average molecular weight is 660 g/mol. The summed E-state index contributed by atoms with van der Waals surface area (Å²) >= 11 is 0. The molecule has 1 saturated carbocycles. The topological polar surface area (TPSA) is 397 Å². The SMILES string of the molecule is O=O.O=POC1C(OPO)C(OP(=O)(O)O)C(OP(=O)(O)O)C(OP(=O)(O)O)C1OP(=O)(O)O.OO. The smallest absolute Gasteiger partial charge is 0.352 e. The van der Waals surface area contributed by atoms with Gasteiger partial charge in [-0.15, -0.1) is 0 Å². The zero-order chi connectivity index (χ0) is 29.1. The van der Waals surface area contributed by atoms with E-state index in [2.05, 4.69) is 22.6 Å². The van der Waals surface area contributed by atoms with Crippen molar-refractivity contribution in [1.82, 2.24) is 0 Å². The molecule has 0 spiro atoms. The quantitative estimate of drug-likeness (QED) is 0.0642. The standard InChI is InChI=1S/C6H16O20P6.H2O2.O2/c7-27-21-1-2(22-28-8)4(24-30(12,13)14)6(26-32(18,19)20)5(25-31(15,16)17)3(1)23-29(9,10)11;2*1-2/h1-7,27H,(H2,9,10,11)(H2,12,13,14)(H2,15,16,17)(H2,18,19,20);1-2H;. The van der Waals surface area contributed by atoms with Crippen LogP contribution in [0.25, 0.3) is 0 Å². The molecule has 30 heteroatoms. The molecule has 0 aromatic heterocycles. The van der Waals surface area contributed by atoms with E-state index in [0.717, 1.165) is 0 Å². The Kier molecular flexibility index (Phi) is 17.6. The molecule has 1 fully saturated rings. The Labute approximate surface area is 200 Å². The van der Waals surface area contributed by atoms with Crippen molar-refractivity contribution in [3.05, 3.63) is 9.93 Å². The molecule has 0 aliphatic heterocycles. The van der Waals surface area contributed by atoms with Crippen LogP contribution in [0.3, 0.4) is 0 Å². The van der Waals surface area contributed by atoms with Gasteiger partial charge in [-0.1, -0.05) is 0 Å². The Morgan fingerprint density at radius 1 is 0.556 bits per heavy atom. The summed E-state index contributed by atoms with van der Waals surface area (Å²) in [6.45, 7) is 0. The van der Waals surface area contributed by atoms with Gasteiger partial charge in [-0.2, -0.15) is 0 Å². The second-order valence-corrected chi connectivity index (χ2v) is 11.1. The summed E-state index contributed by atoms with van der Waals surface area (Å²) < 4.78 is 82.9. The molecule has 1 aliphatic rings. The maximum atomic E-state index is 11.4. The maximum Gasteiger partial charge on any atom is 0.470 e. The van der Waals surface area contributed by atoms with Crippen LogP contribution in [-0.4, -0.2) is 91.2 Å². The highest BCUT2D eigenvalue weighted by atomic mass is 31.2. The largest absolute Gasteiger partial charge is 0.470 e. The van der Waals surface area contributed by atoms with Crippen LogP contribution in [0.2, 0.25) is 0 Å². The molecule has 0 amide bonds. The van der Waals surface area contributed by atoms with Crippen molar-refractivity contribution in [2.45, 2.75) is 36.6 Å². The van der Waals surface area contributed by atoms with Gasteiger partial charge in [-0.3, -0.25) is 33.1 Å². The van der Waals surface area contributed by atoms with Gasteiger partial charge in [0.2, 0.25) is 0 Å². The average Bonchev–Trinajstić information content (AvgIpc) is 2.69. The Balaban J connectivity index is 0. The van der Waals surface area contributed by atoms with E-state index in [4.69, 9.17) is 69.0 Å². The summed E-state index contributed by atoms with van der Waals surface area (Å²) in [6, 6.07) is 0. The van der Waals surface area contributed by atoms with E-state index in [1.54, 1.807) is 0 Å². The lowest BCUT2D eigenvalue weighted by atomic mass is 9.85. The van der Waals surface area contributed by atoms with Gasteiger partial charge >= 0.3 is 40.0 Å². The van der Waals surface area contributed by atoms with Crippen molar-refractivity contribution in [1.29, 1.82) is 0 Å². The van der Waals surface area contributed by atoms with E-state index in [9.17, 15) is 22.8 Å². The van der Waals surface area contributed by atoms with Gasteiger partial charge in [0.1, 0.15) is 36.6 Å². The predicted molar refractivity (Wildman–Crippen MR) is 108 cm³/mol. The summed E-state index contributed by atoms with van der Waals surface area (Å²) in [5.74, 6) is 0. The molecule has 0 saturated heterocycles.